The fourth-order valence-corrected chi connectivity index (χ4v) is 1.46. The Morgan fingerprint density at radius 1 is 1.50 bits per heavy atom. The first kappa shape index (κ1) is 11.0. The number of Topliss-reactive ketones (excluding diaryl/α,β-unsaturated/α-hetero) is 1. The van der Waals surface area contributed by atoms with Crippen LogP contribution in [0.15, 0.2) is 12.4 Å². The number of carbonyl (C=O) groups is 1. The highest BCUT2D eigenvalue weighted by atomic mass is 16.5. The Balaban J connectivity index is 1.90. The van der Waals surface area contributed by atoms with Gasteiger partial charge in [0, 0.05) is 12.4 Å². The minimum atomic E-state index is -0.0781. The van der Waals surface area contributed by atoms with Gasteiger partial charge in [0.25, 0.3) is 0 Å². The third-order valence-corrected chi connectivity index (χ3v) is 2.54. The zero-order valence-corrected chi connectivity index (χ0v) is 9.27. The van der Waals surface area contributed by atoms with Crippen LogP contribution >= 0.6 is 0 Å². The Hall–Kier alpha value is -1.49. The lowest BCUT2D eigenvalue weighted by atomic mass is 10.2. The summed E-state index contributed by atoms with van der Waals surface area (Å²) in [7, 11) is 1.48. The van der Waals surface area contributed by atoms with E-state index in [1.807, 2.05) is 0 Å². The van der Waals surface area contributed by atoms with E-state index in [4.69, 9.17) is 4.74 Å². The summed E-state index contributed by atoms with van der Waals surface area (Å²) < 4.78 is 4.98. The zero-order valence-electron chi connectivity index (χ0n) is 9.27. The molecule has 0 atom stereocenters. The van der Waals surface area contributed by atoms with E-state index in [2.05, 4.69) is 15.3 Å². The molecule has 86 valence electrons. The quantitative estimate of drug-likeness (QED) is 0.715. The van der Waals surface area contributed by atoms with Crippen LogP contribution in [0.1, 0.15) is 23.3 Å². The minimum Gasteiger partial charge on any atom is -0.479 e. The van der Waals surface area contributed by atoms with Crippen LogP contribution in [0.5, 0.6) is 5.88 Å². The number of ether oxygens (including phenoxy) is 1. The van der Waals surface area contributed by atoms with E-state index in [1.54, 1.807) is 0 Å². The molecule has 5 nitrogen and oxygen atoms in total. The Labute approximate surface area is 94.2 Å². The molecule has 0 aromatic carbocycles. The summed E-state index contributed by atoms with van der Waals surface area (Å²) in [5.74, 6) is 0.975. The van der Waals surface area contributed by atoms with Crippen LogP contribution in [0.3, 0.4) is 0 Å². The number of ketones is 1. The van der Waals surface area contributed by atoms with Gasteiger partial charge in [0.1, 0.15) is 0 Å². The molecular formula is C11H15N3O2. The number of hydrogen-bond acceptors (Lipinski definition) is 5. The lowest BCUT2D eigenvalue weighted by molar-refractivity contribution is 0.0982. The number of nitrogens with zero attached hydrogens (tertiary/aromatic N) is 2. The molecule has 1 heterocycles. The normalized spacial score (nSPS) is 14.8. The molecule has 1 aliphatic carbocycles. The van der Waals surface area contributed by atoms with Gasteiger partial charge in [0.2, 0.25) is 5.88 Å². The second-order valence-electron chi connectivity index (χ2n) is 3.91. The first-order valence-electron chi connectivity index (χ1n) is 5.40. The summed E-state index contributed by atoms with van der Waals surface area (Å²) in [6.45, 7) is 1.21. The van der Waals surface area contributed by atoms with Gasteiger partial charge in [-0.15, -0.1) is 0 Å². The molecule has 1 saturated carbocycles. The second kappa shape index (κ2) is 5.03. The SMILES string of the molecule is COc1nccnc1C(=O)CNCC1CC1. The first-order chi connectivity index (χ1) is 7.81. The Morgan fingerprint density at radius 3 is 2.94 bits per heavy atom. The molecule has 0 radical (unpaired) electrons. The molecule has 0 amide bonds. The maximum atomic E-state index is 11.8. The van der Waals surface area contributed by atoms with Gasteiger partial charge in [0.05, 0.1) is 13.7 Å². The summed E-state index contributed by atoms with van der Waals surface area (Å²) in [5.41, 5.74) is 0.299. The Bertz CT molecular complexity index is 377. The molecule has 16 heavy (non-hydrogen) atoms. The second-order valence-corrected chi connectivity index (χ2v) is 3.91. The van der Waals surface area contributed by atoms with E-state index in [0.29, 0.717) is 18.1 Å². The van der Waals surface area contributed by atoms with Crippen molar-refractivity contribution in [3.63, 3.8) is 0 Å². The summed E-state index contributed by atoms with van der Waals surface area (Å²) in [6, 6.07) is 0. The van der Waals surface area contributed by atoms with Crippen molar-refractivity contribution in [2.45, 2.75) is 12.8 Å². The van der Waals surface area contributed by atoms with Crippen LogP contribution in [-0.2, 0) is 0 Å². The zero-order chi connectivity index (χ0) is 11.4. The van der Waals surface area contributed by atoms with Crippen molar-refractivity contribution in [1.82, 2.24) is 15.3 Å². The highest BCUT2D eigenvalue weighted by Crippen LogP contribution is 2.27. The summed E-state index contributed by atoms with van der Waals surface area (Å²) in [4.78, 5) is 19.7. The molecule has 0 spiro atoms. The van der Waals surface area contributed by atoms with Gasteiger partial charge in [-0.2, -0.15) is 0 Å². The predicted octanol–water partition coefficient (Wildman–Crippen LogP) is 0.667. The van der Waals surface area contributed by atoms with Crippen LogP contribution in [-0.4, -0.2) is 36.0 Å². The number of methoxy groups -OCH3 is 1. The van der Waals surface area contributed by atoms with Crippen LogP contribution in [0.2, 0.25) is 0 Å². The number of hydrogen-bond donors (Lipinski definition) is 1. The molecule has 2 rings (SSSR count). The molecular weight excluding hydrogens is 206 g/mol. The standard InChI is InChI=1S/C11H15N3O2/c1-16-11-10(13-4-5-14-11)9(15)7-12-6-8-2-3-8/h4-5,8,12H,2-3,6-7H2,1H3. The highest BCUT2D eigenvalue weighted by Gasteiger charge is 2.21. The Morgan fingerprint density at radius 2 is 2.25 bits per heavy atom. The van der Waals surface area contributed by atoms with Gasteiger partial charge in [-0.05, 0) is 25.3 Å². The summed E-state index contributed by atoms with van der Waals surface area (Å²) in [5, 5.41) is 3.12. The average Bonchev–Trinajstić information content (AvgIpc) is 3.13. The van der Waals surface area contributed by atoms with E-state index in [-0.39, 0.29) is 5.78 Å². The molecule has 1 N–H and O–H groups in total. The van der Waals surface area contributed by atoms with E-state index in [0.717, 1.165) is 12.5 Å². The largest absolute Gasteiger partial charge is 0.479 e. The van der Waals surface area contributed by atoms with Crippen LogP contribution in [0.25, 0.3) is 0 Å². The third kappa shape index (κ3) is 2.76. The minimum absolute atomic E-state index is 0.0781. The number of aromatic nitrogens is 2. The van der Waals surface area contributed by atoms with Gasteiger partial charge >= 0.3 is 0 Å². The Kier molecular flexibility index (Phi) is 3.46. The lowest BCUT2D eigenvalue weighted by Crippen LogP contribution is -2.26. The van der Waals surface area contributed by atoms with Gasteiger partial charge in [0.15, 0.2) is 11.5 Å². The highest BCUT2D eigenvalue weighted by molar-refractivity contribution is 5.97. The van der Waals surface area contributed by atoms with E-state index < -0.39 is 0 Å². The summed E-state index contributed by atoms with van der Waals surface area (Å²) in [6.07, 6.45) is 5.55. The molecule has 0 saturated heterocycles. The number of nitrogens with one attached hydrogen (secondary N) is 1. The van der Waals surface area contributed by atoms with Crippen LogP contribution in [0.4, 0.5) is 0 Å². The predicted molar refractivity (Wildman–Crippen MR) is 58.5 cm³/mol. The molecule has 0 aliphatic heterocycles. The lowest BCUT2D eigenvalue weighted by Gasteiger charge is -2.05. The molecule has 1 aromatic rings. The van der Waals surface area contributed by atoms with Crippen molar-refractivity contribution in [2.24, 2.45) is 5.92 Å². The molecule has 0 unspecified atom stereocenters. The third-order valence-electron chi connectivity index (χ3n) is 2.54. The van der Waals surface area contributed by atoms with Gasteiger partial charge in [-0.1, -0.05) is 0 Å². The van der Waals surface area contributed by atoms with Gasteiger partial charge in [-0.25, -0.2) is 9.97 Å². The molecule has 0 bridgehead atoms. The van der Waals surface area contributed by atoms with Crippen molar-refractivity contribution in [3.8, 4) is 5.88 Å². The number of rotatable bonds is 6. The monoisotopic (exact) mass is 221 g/mol. The first-order valence-corrected chi connectivity index (χ1v) is 5.40. The van der Waals surface area contributed by atoms with Crippen molar-refractivity contribution in [1.29, 1.82) is 0 Å². The number of carbonyl (C=O) groups excluding carboxylic acids is 1. The topological polar surface area (TPSA) is 64.1 Å². The van der Waals surface area contributed by atoms with Crippen molar-refractivity contribution in [3.05, 3.63) is 18.1 Å². The van der Waals surface area contributed by atoms with E-state index >= 15 is 0 Å². The molecule has 1 fully saturated rings. The fraction of sp³-hybridized carbons (Fsp3) is 0.545. The van der Waals surface area contributed by atoms with Gasteiger partial charge < -0.3 is 10.1 Å². The fourth-order valence-electron chi connectivity index (χ4n) is 1.46. The molecule has 1 aliphatic rings. The van der Waals surface area contributed by atoms with Gasteiger partial charge in [-0.3, -0.25) is 4.79 Å². The maximum Gasteiger partial charge on any atom is 0.243 e. The van der Waals surface area contributed by atoms with Crippen molar-refractivity contribution in [2.75, 3.05) is 20.2 Å². The van der Waals surface area contributed by atoms with Crippen LogP contribution < -0.4 is 10.1 Å². The van der Waals surface area contributed by atoms with E-state index in [9.17, 15) is 4.79 Å². The van der Waals surface area contributed by atoms with Crippen molar-refractivity contribution < 1.29 is 9.53 Å². The summed E-state index contributed by atoms with van der Waals surface area (Å²) >= 11 is 0. The van der Waals surface area contributed by atoms with Crippen molar-refractivity contribution >= 4 is 5.78 Å². The van der Waals surface area contributed by atoms with Crippen LogP contribution in [0, 0.1) is 5.92 Å². The smallest absolute Gasteiger partial charge is 0.243 e. The maximum absolute atomic E-state index is 11.8. The molecule has 5 heteroatoms. The van der Waals surface area contributed by atoms with E-state index in [1.165, 1.54) is 32.3 Å². The molecule has 1 aromatic heterocycles. The average molecular weight is 221 g/mol.